The molecule has 4 N–H and O–H groups in total. The van der Waals surface area contributed by atoms with Crippen LogP contribution in [0.3, 0.4) is 0 Å². The van der Waals surface area contributed by atoms with Gasteiger partial charge in [-0.3, -0.25) is 0 Å². The first-order valence-electron chi connectivity index (χ1n) is 2.60. The number of hydrogen-bond acceptors (Lipinski definition) is 2. The first kappa shape index (κ1) is 8.93. The van der Waals surface area contributed by atoms with E-state index in [1.807, 2.05) is 0 Å². The minimum absolute atomic E-state index is 0.0969. The van der Waals surface area contributed by atoms with Gasteiger partial charge in [0, 0.05) is 7.05 Å². The van der Waals surface area contributed by atoms with Gasteiger partial charge in [-0.25, -0.2) is 8.78 Å². The minimum atomic E-state index is -2.43. The molecule has 0 aromatic heterocycles. The number of hydrazone groups is 1. The van der Waals surface area contributed by atoms with Crippen molar-refractivity contribution in [2.45, 2.75) is 6.43 Å². The fourth-order valence-electron chi connectivity index (χ4n) is 0.399. The Bertz CT molecular complexity index is 124. The highest BCUT2D eigenvalue weighted by Crippen LogP contribution is 1.93. The molecular formula is C4H10F2N4. The van der Waals surface area contributed by atoms with E-state index >= 15 is 0 Å². The second-order valence-electron chi connectivity index (χ2n) is 1.76. The number of halogens is 2. The van der Waals surface area contributed by atoms with Crippen LogP contribution in [0.15, 0.2) is 5.10 Å². The summed E-state index contributed by atoms with van der Waals surface area (Å²) in [5.74, 6) is 4.63. The van der Waals surface area contributed by atoms with Gasteiger partial charge in [-0.1, -0.05) is 0 Å². The molecule has 6 heteroatoms. The molecular weight excluding hydrogens is 142 g/mol. The SMILES string of the molecule is CN(CC(F)F)C(N)=NN. The molecule has 0 aromatic carbocycles. The lowest BCUT2D eigenvalue weighted by molar-refractivity contribution is 0.123. The fraction of sp³-hybridized carbons (Fsp3) is 0.750. The maximum Gasteiger partial charge on any atom is 0.255 e. The largest absolute Gasteiger partial charge is 0.368 e. The Morgan fingerprint density at radius 3 is 2.50 bits per heavy atom. The van der Waals surface area contributed by atoms with E-state index < -0.39 is 13.0 Å². The smallest absolute Gasteiger partial charge is 0.255 e. The van der Waals surface area contributed by atoms with E-state index in [0.717, 1.165) is 4.90 Å². The van der Waals surface area contributed by atoms with E-state index in [1.165, 1.54) is 7.05 Å². The normalized spacial score (nSPS) is 12.2. The van der Waals surface area contributed by atoms with Gasteiger partial charge in [0.2, 0.25) is 5.96 Å². The van der Waals surface area contributed by atoms with Gasteiger partial charge < -0.3 is 16.5 Å². The lowest BCUT2D eigenvalue weighted by atomic mass is 10.6. The summed E-state index contributed by atoms with van der Waals surface area (Å²) in [4.78, 5) is 1.07. The van der Waals surface area contributed by atoms with Crippen LogP contribution in [0.25, 0.3) is 0 Å². The maximum absolute atomic E-state index is 11.6. The van der Waals surface area contributed by atoms with Crippen LogP contribution in [0.4, 0.5) is 8.78 Å². The predicted octanol–water partition coefficient (Wildman–Crippen LogP) is -0.628. The van der Waals surface area contributed by atoms with Gasteiger partial charge in [-0.2, -0.15) is 0 Å². The molecule has 0 saturated heterocycles. The summed E-state index contributed by atoms with van der Waals surface area (Å²) in [6.07, 6.45) is -2.43. The third kappa shape index (κ3) is 3.06. The first-order valence-corrected chi connectivity index (χ1v) is 2.60. The van der Waals surface area contributed by atoms with Crippen LogP contribution in [0.1, 0.15) is 0 Å². The summed E-state index contributed by atoms with van der Waals surface area (Å²) < 4.78 is 23.2. The number of nitrogens with two attached hydrogens (primary N) is 2. The van der Waals surface area contributed by atoms with Crippen LogP contribution in [0, 0.1) is 0 Å². The molecule has 0 aliphatic rings. The average molecular weight is 152 g/mol. The average Bonchev–Trinajstić information content (AvgIpc) is 1.85. The molecule has 0 amide bonds. The third-order valence-electron chi connectivity index (χ3n) is 0.935. The molecule has 0 atom stereocenters. The van der Waals surface area contributed by atoms with E-state index in [2.05, 4.69) is 5.10 Å². The molecule has 60 valence electrons. The number of guanidine groups is 1. The van der Waals surface area contributed by atoms with Crippen LogP contribution >= 0.6 is 0 Å². The quantitative estimate of drug-likeness (QED) is 0.239. The summed E-state index contributed by atoms with van der Waals surface area (Å²) in [6.45, 7) is -0.452. The highest BCUT2D eigenvalue weighted by atomic mass is 19.3. The Hall–Kier alpha value is -1.07. The Morgan fingerprint density at radius 1 is 1.70 bits per heavy atom. The summed E-state index contributed by atoms with van der Waals surface area (Å²) in [5.41, 5.74) is 5.08. The molecule has 0 bridgehead atoms. The predicted molar refractivity (Wildman–Crippen MR) is 34.4 cm³/mol. The van der Waals surface area contributed by atoms with E-state index in [0.29, 0.717) is 0 Å². The van der Waals surface area contributed by atoms with Gasteiger partial charge in [0.15, 0.2) is 0 Å². The van der Waals surface area contributed by atoms with Gasteiger partial charge in [-0.15, -0.1) is 5.10 Å². The second-order valence-corrected chi connectivity index (χ2v) is 1.76. The van der Waals surface area contributed by atoms with E-state index in [-0.39, 0.29) is 5.96 Å². The molecule has 0 aromatic rings. The molecule has 0 radical (unpaired) electrons. The van der Waals surface area contributed by atoms with Crippen LogP contribution in [-0.2, 0) is 0 Å². The molecule has 10 heavy (non-hydrogen) atoms. The monoisotopic (exact) mass is 152 g/mol. The van der Waals surface area contributed by atoms with Gasteiger partial charge in [-0.05, 0) is 0 Å². The molecule has 0 unspecified atom stereocenters. The molecule has 0 saturated carbocycles. The Kier molecular flexibility index (Phi) is 3.45. The molecule has 0 fully saturated rings. The summed E-state index contributed by atoms with van der Waals surface area (Å²) in [7, 11) is 1.39. The zero-order valence-corrected chi connectivity index (χ0v) is 5.59. The highest BCUT2D eigenvalue weighted by Gasteiger charge is 2.08. The van der Waals surface area contributed by atoms with Crippen LogP contribution in [-0.4, -0.2) is 30.9 Å². The van der Waals surface area contributed by atoms with E-state index in [9.17, 15) is 8.78 Å². The number of rotatable bonds is 2. The van der Waals surface area contributed by atoms with Gasteiger partial charge in [0.05, 0.1) is 6.54 Å². The minimum Gasteiger partial charge on any atom is -0.368 e. The van der Waals surface area contributed by atoms with Crippen molar-refractivity contribution in [2.75, 3.05) is 13.6 Å². The molecule has 0 aliphatic carbocycles. The number of hydrogen-bond donors (Lipinski definition) is 2. The van der Waals surface area contributed by atoms with Crippen molar-refractivity contribution in [3.63, 3.8) is 0 Å². The fourth-order valence-corrected chi connectivity index (χ4v) is 0.399. The number of alkyl halides is 2. The first-order chi connectivity index (χ1) is 4.57. The zero-order chi connectivity index (χ0) is 8.15. The lowest BCUT2D eigenvalue weighted by Crippen LogP contribution is -2.37. The van der Waals surface area contributed by atoms with Crippen molar-refractivity contribution in [1.29, 1.82) is 0 Å². The topological polar surface area (TPSA) is 67.6 Å². The van der Waals surface area contributed by atoms with Crippen molar-refractivity contribution in [3.8, 4) is 0 Å². The Labute approximate surface area is 57.5 Å². The van der Waals surface area contributed by atoms with Gasteiger partial charge >= 0.3 is 0 Å². The molecule has 0 spiro atoms. The van der Waals surface area contributed by atoms with Crippen molar-refractivity contribution >= 4 is 5.96 Å². The second kappa shape index (κ2) is 3.86. The van der Waals surface area contributed by atoms with Gasteiger partial charge in [0.1, 0.15) is 0 Å². The molecule has 0 rings (SSSR count). The van der Waals surface area contributed by atoms with E-state index in [1.54, 1.807) is 0 Å². The number of nitrogens with zero attached hydrogens (tertiary/aromatic N) is 2. The van der Waals surface area contributed by atoms with Gasteiger partial charge in [0.25, 0.3) is 6.43 Å². The van der Waals surface area contributed by atoms with Crippen molar-refractivity contribution in [1.82, 2.24) is 4.90 Å². The zero-order valence-electron chi connectivity index (χ0n) is 5.59. The molecule has 0 heterocycles. The Balaban J connectivity index is 3.73. The lowest BCUT2D eigenvalue weighted by Gasteiger charge is -2.15. The Morgan fingerprint density at radius 2 is 2.20 bits per heavy atom. The summed E-state index contributed by atoms with van der Waals surface area (Å²) in [5, 5.41) is 3.03. The molecule has 0 aliphatic heterocycles. The summed E-state index contributed by atoms with van der Waals surface area (Å²) in [6, 6.07) is 0. The third-order valence-corrected chi connectivity index (χ3v) is 0.935. The molecule has 4 nitrogen and oxygen atoms in total. The highest BCUT2D eigenvalue weighted by molar-refractivity contribution is 5.77. The standard InChI is InChI=1S/C4H10F2N4/c1-10(2-3(5)6)4(7)9-8/h3H,2,8H2,1H3,(H2,7,9). The van der Waals surface area contributed by atoms with Crippen molar-refractivity contribution < 1.29 is 8.78 Å². The van der Waals surface area contributed by atoms with Crippen LogP contribution in [0.2, 0.25) is 0 Å². The van der Waals surface area contributed by atoms with E-state index in [4.69, 9.17) is 11.6 Å². The summed E-state index contributed by atoms with van der Waals surface area (Å²) >= 11 is 0. The van der Waals surface area contributed by atoms with Crippen molar-refractivity contribution in [3.05, 3.63) is 0 Å². The van der Waals surface area contributed by atoms with Crippen LogP contribution in [0.5, 0.6) is 0 Å². The van der Waals surface area contributed by atoms with Crippen LogP contribution < -0.4 is 11.6 Å². The maximum atomic E-state index is 11.6. The van der Waals surface area contributed by atoms with Crippen molar-refractivity contribution in [2.24, 2.45) is 16.7 Å².